The molecule has 0 aliphatic carbocycles. The zero-order chi connectivity index (χ0) is 6.69. The highest BCUT2D eigenvalue weighted by Gasteiger charge is 1.91. The van der Waals surface area contributed by atoms with Crippen LogP contribution in [-0.4, -0.2) is 0 Å². The van der Waals surface area contributed by atoms with Gasteiger partial charge in [0.25, 0.3) is 0 Å². The van der Waals surface area contributed by atoms with Crippen molar-refractivity contribution in [2.75, 3.05) is 5.09 Å². The Kier molecular flexibility index (Phi) is 1.85. The second kappa shape index (κ2) is 2.65. The van der Waals surface area contributed by atoms with Crippen LogP contribution in [0.4, 0.5) is 5.69 Å². The SMILES string of the molecule is O=c1occcc1NP. The Morgan fingerprint density at radius 2 is 2.44 bits per heavy atom. The lowest BCUT2D eigenvalue weighted by molar-refractivity contribution is 0.514. The molecule has 1 rings (SSSR count). The molecule has 0 saturated heterocycles. The summed E-state index contributed by atoms with van der Waals surface area (Å²) in [6.07, 6.45) is 1.34. The van der Waals surface area contributed by atoms with Crippen LogP contribution in [0.25, 0.3) is 0 Å². The summed E-state index contributed by atoms with van der Waals surface area (Å²) in [6.45, 7) is 0. The van der Waals surface area contributed by atoms with Crippen LogP contribution in [0.5, 0.6) is 0 Å². The van der Waals surface area contributed by atoms with Gasteiger partial charge in [-0.3, -0.25) is 0 Å². The Hall–Kier alpha value is -0.820. The third kappa shape index (κ3) is 1.30. The Morgan fingerprint density at radius 1 is 1.67 bits per heavy atom. The first kappa shape index (κ1) is 6.30. The number of nitrogens with one attached hydrogen (secondary N) is 1. The average Bonchev–Trinajstić information content (AvgIpc) is 1.89. The summed E-state index contributed by atoms with van der Waals surface area (Å²) >= 11 is 0. The Labute approximate surface area is 54.3 Å². The lowest BCUT2D eigenvalue weighted by Crippen LogP contribution is -2.00. The van der Waals surface area contributed by atoms with Crippen LogP contribution in [-0.2, 0) is 0 Å². The van der Waals surface area contributed by atoms with Crippen molar-refractivity contribution in [2.24, 2.45) is 0 Å². The van der Waals surface area contributed by atoms with E-state index in [0.717, 1.165) is 0 Å². The van der Waals surface area contributed by atoms with Gasteiger partial charge in [-0.1, -0.05) is 0 Å². The lowest BCUT2D eigenvalue weighted by Gasteiger charge is -1.91. The second-order valence-electron chi connectivity index (χ2n) is 1.46. The van der Waals surface area contributed by atoms with Crippen molar-refractivity contribution in [3.8, 4) is 0 Å². The standard InChI is InChI=1S/C5H6NO2P/c7-5-4(6-9)2-1-3-8-5/h1-3,6H,9H2. The molecular formula is C5H6NO2P. The molecule has 4 heteroatoms. The minimum absolute atomic E-state index is 0.354. The average molecular weight is 143 g/mol. The molecule has 1 N–H and O–H groups in total. The number of rotatable bonds is 1. The maximum atomic E-state index is 10.6. The van der Waals surface area contributed by atoms with Crippen LogP contribution in [0.2, 0.25) is 0 Å². The van der Waals surface area contributed by atoms with E-state index in [4.69, 9.17) is 0 Å². The summed E-state index contributed by atoms with van der Waals surface area (Å²) in [6, 6.07) is 3.28. The predicted octanol–water partition coefficient (Wildman–Crippen LogP) is 0.842. The van der Waals surface area contributed by atoms with Crippen molar-refractivity contribution in [1.82, 2.24) is 0 Å². The van der Waals surface area contributed by atoms with Gasteiger partial charge < -0.3 is 9.50 Å². The topological polar surface area (TPSA) is 42.2 Å². The van der Waals surface area contributed by atoms with Crippen molar-refractivity contribution in [3.63, 3.8) is 0 Å². The summed E-state index contributed by atoms with van der Waals surface area (Å²) < 4.78 is 4.52. The largest absolute Gasteiger partial charge is 0.430 e. The second-order valence-corrected chi connectivity index (χ2v) is 1.75. The minimum Gasteiger partial charge on any atom is -0.430 e. The van der Waals surface area contributed by atoms with Gasteiger partial charge in [0.2, 0.25) is 0 Å². The van der Waals surface area contributed by atoms with Crippen molar-refractivity contribution in [2.45, 2.75) is 0 Å². The van der Waals surface area contributed by atoms with Crippen LogP contribution in [0.15, 0.2) is 27.6 Å². The van der Waals surface area contributed by atoms with E-state index >= 15 is 0 Å². The molecular weight excluding hydrogens is 137 g/mol. The summed E-state index contributed by atoms with van der Waals surface area (Å²) in [5.41, 5.74) is 0.0926. The van der Waals surface area contributed by atoms with Crippen LogP contribution in [0.3, 0.4) is 0 Å². The smallest absolute Gasteiger partial charge is 0.359 e. The number of hydrogen-bond acceptors (Lipinski definition) is 3. The summed E-state index contributed by atoms with van der Waals surface area (Å²) in [4.78, 5) is 10.6. The van der Waals surface area contributed by atoms with Gasteiger partial charge in [-0.25, -0.2) is 4.79 Å². The van der Waals surface area contributed by atoms with E-state index in [1.54, 1.807) is 12.1 Å². The molecule has 3 nitrogen and oxygen atoms in total. The molecule has 1 heterocycles. The van der Waals surface area contributed by atoms with Gasteiger partial charge in [-0.05, 0) is 21.5 Å². The fourth-order valence-corrected chi connectivity index (χ4v) is 0.689. The monoisotopic (exact) mass is 143 g/mol. The molecule has 0 spiro atoms. The van der Waals surface area contributed by atoms with E-state index < -0.39 is 0 Å². The highest BCUT2D eigenvalue weighted by molar-refractivity contribution is 7.18. The van der Waals surface area contributed by atoms with E-state index in [1.165, 1.54) is 6.26 Å². The molecule has 0 aromatic carbocycles. The van der Waals surface area contributed by atoms with Crippen LogP contribution < -0.4 is 10.7 Å². The summed E-state index contributed by atoms with van der Waals surface area (Å²) in [5.74, 6) is 0. The molecule has 0 fully saturated rings. The van der Waals surface area contributed by atoms with E-state index in [-0.39, 0.29) is 5.63 Å². The molecule has 0 amide bonds. The maximum absolute atomic E-state index is 10.6. The van der Waals surface area contributed by atoms with E-state index in [9.17, 15) is 4.79 Å². The Balaban J connectivity index is 3.16. The fourth-order valence-electron chi connectivity index (χ4n) is 0.475. The highest BCUT2D eigenvalue weighted by atomic mass is 31.0. The number of anilines is 1. The molecule has 0 aliphatic heterocycles. The van der Waals surface area contributed by atoms with Gasteiger partial charge >= 0.3 is 5.63 Å². The minimum atomic E-state index is -0.354. The first-order valence-corrected chi connectivity index (χ1v) is 2.97. The maximum Gasteiger partial charge on any atom is 0.359 e. The van der Waals surface area contributed by atoms with E-state index in [2.05, 4.69) is 18.9 Å². The van der Waals surface area contributed by atoms with E-state index in [0.29, 0.717) is 5.69 Å². The highest BCUT2D eigenvalue weighted by Crippen LogP contribution is 1.98. The summed E-state index contributed by atoms with van der Waals surface area (Å²) in [5, 5.41) is 2.61. The van der Waals surface area contributed by atoms with Crippen LogP contribution in [0, 0.1) is 0 Å². The molecule has 48 valence electrons. The fraction of sp³-hybridized carbons (Fsp3) is 0. The zero-order valence-electron chi connectivity index (χ0n) is 4.63. The van der Waals surface area contributed by atoms with Gasteiger partial charge in [0.1, 0.15) is 5.69 Å². The number of hydrogen-bond donors (Lipinski definition) is 1. The predicted molar refractivity (Wildman–Crippen MR) is 38.3 cm³/mol. The van der Waals surface area contributed by atoms with Gasteiger partial charge in [0.15, 0.2) is 0 Å². The Morgan fingerprint density at radius 3 is 2.89 bits per heavy atom. The molecule has 1 atom stereocenters. The third-order valence-corrected chi connectivity index (χ3v) is 1.20. The van der Waals surface area contributed by atoms with E-state index in [1.807, 2.05) is 0 Å². The molecule has 9 heavy (non-hydrogen) atoms. The first-order valence-electron chi connectivity index (χ1n) is 2.39. The zero-order valence-corrected chi connectivity index (χ0v) is 5.78. The third-order valence-electron chi connectivity index (χ3n) is 0.892. The molecule has 1 aromatic rings. The van der Waals surface area contributed by atoms with Crippen LogP contribution in [0.1, 0.15) is 0 Å². The van der Waals surface area contributed by atoms with Gasteiger partial charge in [0.05, 0.1) is 6.26 Å². The molecule has 0 saturated carbocycles. The summed E-state index contributed by atoms with van der Waals surface area (Å²) in [7, 11) is 2.22. The molecule has 1 unspecified atom stereocenters. The quantitative estimate of drug-likeness (QED) is 0.592. The van der Waals surface area contributed by atoms with Gasteiger partial charge in [-0.15, -0.1) is 0 Å². The van der Waals surface area contributed by atoms with Crippen molar-refractivity contribution < 1.29 is 4.42 Å². The molecule has 0 bridgehead atoms. The first-order chi connectivity index (χ1) is 4.34. The van der Waals surface area contributed by atoms with Crippen LogP contribution >= 0.6 is 9.39 Å². The Bertz CT molecular complexity index is 245. The van der Waals surface area contributed by atoms with Gasteiger partial charge in [-0.2, -0.15) is 0 Å². The normalized spacial score (nSPS) is 9.00. The molecule has 1 aromatic heterocycles. The van der Waals surface area contributed by atoms with Crippen molar-refractivity contribution in [3.05, 3.63) is 28.8 Å². The van der Waals surface area contributed by atoms with Gasteiger partial charge in [0, 0.05) is 0 Å². The van der Waals surface area contributed by atoms with Crippen molar-refractivity contribution >= 4 is 15.1 Å². The van der Waals surface area contributed by atoms with Crippen molar-refractivity contribution in [1.29, 1.82) is 0 Å². The lowest BCUT2D eigenvalue weighted by atomic mass is 10.5. The molecule has 0 radical (unpaired) electrons. The molecule has 0 aliphatic rings.